The van der Waals surface area contributed by atoms with Crippen LogP contribution in [0.2, 0.25) is 5.02 Å². The van der Waals surface area contributed by atoms with Crippen molar-refractivity contribution in [1.82, 2.24) is 15.1 Å². The number of ether oxygens (including phenoxy) is 1. The van der Waals surface area contributed by atoms with Crippen molar-refractivity contribution in [3.8, 4) is 5.75 Å². The Balaban J connectivity index is 2.00. The first kappa shape index (κ1) is 19.0. The molecule has 0 unspecified atom stereocenters. The van der Waals surface area contributed by atoms with E-state index in [1.165, 1.54) is 5.56 Å². The van der Waals surface area contributed by atoms with Crippen molar-refractivity contribution < 1.29 is 9.53 Å². The van der Waals surface area contributed by atoms with Crippen LogP contribution in [0.1, 0.15) is 24.3 Å². The SMILES string of the molecule is CNCC(=O)N1CCC(c2ccc(Cl)cc2OCCN(C)C)CC1. The Bertz CT molecular complexity index is 543. The van der Waals surface area contributed by atoms with Gasteiger partial charge in [0.2, 0.25) is 5.91 Å². The van der Waals surface area contributed by atoms with E-state index in [0.717, 1.165) is 38.2 Å². The number of halogens is 1. The molecule has 134 valence electrons. The first-order valence-corrected chi connectivity index (χ1v) is 8.88. The summed E-state index contributed by atoms with van der Waals surface area (Å²) >= 11 is 6.15. The molecule has 1 N–H and O–H groups in total. The lowest BCUT2D eigenvalue weighted by Crippen LogP contribution is -2.41. The number of carbonyl (C=O) groups excluding carboxylic acids is 1. The van der Waals surface area contributed by atoms with Crippen molar-refractivity contribution in [3.63, 3.8) is 0 Å². The zero-order valence-electron chi connectivity index (χ0n) is 14.8. The molecule has 1 fully saturated rings. The number of nitrogens with one attached hydrogen (secondary N) is 1. The normalized spacial score (nSPS) is 15.8. The summed E-state index contributed by atoms with van der Waals surface area (Å²) in [5.74, 6) is 1.47. The second-order valence-corrected chi connectivity index (χ2v) is 6.96. The Kier molecular flexibility index (Phi) is 7.34. The summed E-state index contributed by atoms with van der Waals surface area (Å²) in [6, 6.07) is 5.91. The van der Waals surface area contributed by atoms with Gasteiger partial charge in [0.25, 0.3) is 0 Å². The van der Waals surface area contributed by atoms with E-state index in [4.69, 9.17) is 16.3 Å². The Hall–Kier alpha value is -1.30. The topological polar surface area (TPSA) is 44.8 Å². The molecule has 1 amide bonds. The summed E-state index contributed by atoms with van der Waals surface area (Å²) in [4.78, 5) is 16.0. The minimum atomic E-state index is 0.175. The van der Waals surface area contributed by atoms with Crippen LogP contribution in [0.15, 0.2) is 18.2 Å². The van der Waals surface area contributed by atoms with E-state index < -0.39 is 0 Å². The number of likely N-dealkylation sites (N-methyl/N-ethyl adjacent to an activating group) is 2. The van der Waals surface area contributed by atoms with E-state index in [-0.39, 0.29) is 5.91 Å². The number of likely N-dealkylation sites (tertiary alicyclic amines) is 1. The van der Waals surface area contributed by atoms with Gasteiger partial charge in [0.15, 0.2) is 0 Å². The molecule has 0 spiro atoms. The molecule has 1 heterocycles. The predicted molar refractivity (Wildman–Crippen MR) is 98.0 cm³/mol. The quantitative estimate of drug-likeness (QED) is 0.816. The standard InChI is InChI=1S/C18H28ClN3O2/c1-20-13-18(23)22-8-6-14(7-9-22)16-5-4-15(19)12-17(16)24-11-10-21(2)3/h4-5,12,14,20H,6-11,13H2,1-3H3. The van der Waals surface area contributed by atoms with E-state index >= 15 is 0 Å². The number of amides is 1. The van der Waals surface area contributed by atoms with Gasteiger partial charge < -0.3 is 19.9 Å². The van der Waals surface area contributed by atoms with Gasteiger partial charge in [-0.3, -0.25) is 4.79 Å². The minimum Gasteiger partial charge on any atom is -0.492 e. The first-order valence-electron chi connectivity index (χ1n) is 8.50. The maximum Gasteiger partial charge on any atom is 0.236 e. The Morgan fingerprint density at radius 3 is 2.71 bits per heavy atom. The van der Waals surface area contributed by atoms with E-state index in [1.807, 2.05) is 31.1 Å². The monoisotopic (exact) mass is 353 g/mol. The van der Waals surface area contributed by atoms with Crippen LogP contribution >= 0.6 is 11.6 Å². The lowest BCUT2D eigenvalue weighted by atomic mass is 9.88. The van der Waals surface area contributed by atoms with Crippen LogP contribution in [0.3, 0.4) is 0 Å². The number of benzene rings is 1. The molecule has 5 nitrogen and oxygen atoms in total. The van der Waals surface area contributed by atoms with Crippen LogP contribution < -0.4 is 10.1 Å². The smallest absolute Gasteiger partial charge is 0.236 e. The Labute approximate surface area is 149 Å². The molecule has 0 aliphatic carbocycles. The molecule has 2 rings (SSSR count). The summed E-state index contributed by atoms with van der Waals surface area (Å²) in [6.07, 6.45) is 1.92. The van der Waals surface area contributed by atoms with E-state index in [1.54, 1.807) is 7.05 Å². The summed E-state index contributed by atoms with van der Waals surface area (Å²) < 4.78 is 5.98. The molecule has 1 aliphatic rings. The second kappa shape index (κ2) is 9.25. The van der Waals surface area contributed by atoms with E-state index in [2.05, 4.69) is 16.3 Å². The van der Waals surface area contributed by atoms with E-state index in [9.17, 15) is 4.79 Å². The molecule has 0 saturated carbocycles. The van der Waals surface area contributed by atoms with Gasteiger partial charge in [-0.15, -0.1) is 0 Å². The Morgan fingerprint density at radius 2 is 2.08 bits per heavy atom. The van der Waals surface area contributed by atoms with E-state index in [0.29, 0.717) is 24.1 Å². The largest absolute Gasteiger partial charge is 0.492 e. The van der Waals surface area contributed by atoms with Crippen molar-refractivity contribution in [2.45, 2.75) is 18.8 Å². The molecule has 1 saturated heterocycles. The van der Waals surface area contributed by atoms with Gasteiger partial charge in [-0.25, -0.2) is 0 Å². The summed E-state index contributed by atoms with van der Waals surface area (Å²) in [7, 11) is 5.86. The molecule has 1 aromatic rings. The molecule has 0 radical (unpaired) electrons. The van der Waals surface area contributed by atoms with Gasteiger partial charge >= 0.3 is 0 Å². The van der Waals surface area contributed by atoms with Gasteiger partial charge in [-0.2, -0.15) is 0 Å². The Morgan fingerprint density at radius 1 is 1.38 bits per heavy atom. The molecular weight excluding hydrogens is 326 g/mol. The number of carbonyl (C=O) groups is 1. The highest BCUT2D eigenvalue weighted by atomic mass is 35.5. The number of piperidine rings is 1. The lowest BCUT2D eigenvalue weighted by molar-refractivity contribution is -0.131. The van der Waals surface area contributed by atoms with Crippen LogP contribution in [0.25, 0.3) is 0 Å². The molecule has 24 heavy (non-hydrogen) atoms. The molecular formula is C18H28ClN3O2. The van der Waals surface area contributed by atoms with Crippen molar-refractivity contribution in [1.29, 1.82) is 0 Å². The summed E-state index contributed by atoms with van der Waals surface area (Å²) in [5.41, 5.74) is 1.21. The van der Waals surface area contributed by atoms with Gasteiger partial charge in [0, 0.05) is 24.7 Å². The first-order chi connectivity index (χ1) is 11.5. The third-order valence-corrected chi connectivity index (χ3v) is 4.62. The third-order valence-electron chi connectivity index (χ3n) is 4.39. The fraction of sp³-hybridized carbons (Fsp3) is 0.611. The average Bonchev–Trinajstić information content (AvgIpc) is 2.55. The highest BCUT2D eigenvalue weighted by molar-refractivity contribution is 6.30. The number of hydrogen-bond acceptors (Lipinski definition) is 4. The number of hydrogen-bond donors (Lipinski definition) is 1. The van der Waals surface area contributed by atoms with Crippen LogP contribution in [0.5, 0.6) is 5.75 Å². The predicted octanol–water partition coefficient (Wildman–Crippen LogP) is 2.21. The highest BCUT2D eigenvalue weighted by Gasteiger charge is 2.25. The molecule has 0 aromatic heterocycles. The van der Waals surface area contributed by atoms with Crippen molar-refractivity contribution in [2.75, 3.05) is 53.9 Å². The van der Waals surface area contributed by atoms with Crippen molar-refractivity contribution in [3.05, 3.63) is 28.8 Å². The van der Waals surface area contributed by atoms with Gasteiger partial charge in [0.1, 0.15) is 12.4 Å². The molecule has 0 bridgehead atoms. The second-order valence-electron chi connectivity index (χ2n) is 6.52. The maximum atomic E-state index is 12.0. The zero-order valence-corrected chi connectivity index (χ0v) is 15.6. The van der Waals surface area contributed by atoms with Gasteiger partial charge in [-0.1, -0.05) is 17.7 Å². The maximum absolute atomic E-state index is 12.0. The summed E-state index contributed by atoms with van der Waals surface area (Å²) in [5, 5.41) is 3.62. The van der Waals surface area contributed by atoms with Crippen LogP contribution in [0.4, 0.5) is 0 Å². The number of rotatable bonds is 7. The fourth-order valence-corrected chi connectivity index (χ4v) is 3.17. The summed E-state index contributed by atoms with van der Waals surface area (Å²) in [6.45, 7) is 3.50. The highest BCUT2D eigenvalue weighted by Crippen LogP contribution is 2.35. The molecule has 1 aliphatic heterocycles. The fourth-order valence-electron chi connectivity index (χ4n) is 3.01. The van der Waals surface area contributed by atoms with Crippen LogP contribution in [-0.2, 0) is 4.79 Å². The zero-order chi connectivity index (χ0) is 17.5. The average molecular weight is 354 g/mol. The van der Waals surface area contributed by atoms with Crippen molar-refractivity contribution in [2.24, 2.45) is 0 Å². The molecule has 6 heteroatoms. The minimum absolute atomic E-state index is 0.175. The third kappa shape index (κ3) is 5.36. The van der Waals surface area contributed by atoms with Crippen molar-refractivity contribution >= 4 is 17.5 Å². The van der Waals surface area contributed by atoms with Crippen LogP contribution in [-0.4, -0.2) is 69.6 Å². The molecule has 1 aromatic carbocycles. The van der Waals surface area contributed by atoms with Crippen LogP contribution in [0, 0.1) is 0 Å². The lowest BCUT2D eigenvalue weighted by Gasteiger charge is -2.33. The number of nitrogens with zero attached hydrogens (tertiary/aromatic N) is 2. The molecule has 0 atom stereocenters. The van der Waals surface area contributed by atoms with Gasteiger partial charge in [-0.05, 0) is 57.6 Å². The van der Waals surface area contributed by atoms with Gasteiger partial charge in [0.05, 0.1) is 6.54 Å².